The summed E-state index contributed by atoms with van der Waals surface area (Å²) in [6.45, 7) is 0. The molecule has 0 saturated heterocycles. The number of nitrogens with two attached hydrogens (primary N) is 1. The van der Waals surface area contributed by atoms with E-state index in [4.69, 9.17) is 10.7 Å². The topological polar surface area (TPSA) is 38.4 Å². The Morgan fingerprint density at radius 1 is 0.933 bits per heavy atom. The summed E-state index contributed by atoms with van der Waals surface area (Å²) >= 11 is 0. The Morgan fingerprint density at radius 2 is 1.47 bits per heavy atom. The van der Waals surface area contributed by atoms with Crippen molar-refractivity contribution in [1.29, 1.82) is 0 Å². The third-order valence-corrected chi connectivity index (χ3v) is 4.28. The van der Waals surface area contributed by atoms with Crippen molar-refractivity contribution < 1.29 is 0 Å². The van der Waals surface area contributed by atoms with E-state index in [2.05, 4.69) is 0 Å². The minimum Gasteiger partial charge on any atom is -0.387 e. The highest BCUT2D eigenvalue weighted by Crippen LogP contribution is 2.46. The van der Waals surface area contributed by atoms with Crippen LogP contribution in [0.5, 0.6) is 0 Å². The molecule has 0 amide bonds. The number of hydrogen-bond donors (Lipinski definition) is 1. The Kier molecular flexibility index (Phi) is 2.45. The van der Waals surface area contributed by atoms with Crippen LogP contribution in [0.15, 0.2) is 4.99 Å². The Labute approximate surface area is 92.3 Å². The van der Waals surface area contributed by atoms with Crippen molar-refractivity contribution >= 4 is 5.84 Å². The van der Waals surface area contributed by atoms with Crippen molar-refractivity contribution in [2.75, 3.05) is 0 Å². The van der Waals surface area contributed by atoms with Gasteiger partial charge in [-0.25, -0.2) is 0 Å². The van der Waals surface area contributed by atoms with Gasteiger partial charge in [-0.1, -0.05) is 12.8 Å². The fraction of sp³-hybridized carbons (Fsp3) is 0.923. The Morgan fingerprint density at radius 3 is 1.93 bits per heavy atom. The minimum absolute atomic E-state index is 0.616. The minimum atomic E-state index is 0.616. The van der Waals surface area contributed by atoms with E-state index in [0.717, 1.165) is 17.7 Å². The van der Waals surface area contributed by atoms with Crippen LogP contribution in [0, 0.1) is 17.8 Å². The van der Waals surface area contributed by atoms with Gasteiger partial charge in [-0.15, -0.1) is 0 Å². The molecule has 3 fully saturated rings. The van der Waals surface area contributed by atoms with Crippen molar-refractivity contribution in [3.05, 3.63) is 0 Å². The van der Waals surface area contributed by atoms with Crippen LogP contribution in [-0.4, -0.2) is 11.9 Å². The van der Waals surface area contributed by atoms with Crippen LogP contribution in [0.3, 0.4) is 0 Å². The molecule has 0 radical (unpaired) electrons. The normalized spacial score (nSPS) is 29.0. The maximum absolute atomic E-state index is 6.16. The average molecular weight is 206 g/mol. The van der Waals surface area contributed by atoms with Crippen LogP contribution in [0.25, 0.3) is 0 Å². The highest BCUT2D eigenvalue weighted by molar-refractivity contribution is 5.83. The molecule has 2 nitrogen and oxygen atoms in total. The first-order valence-electron chi connectivity index (χ1n) is 6.68. The second-order valence-electron chi connectivity index (χ2n) is 5.70. The van der Waals surface area contributed by atoms with Crippen LogP contribution in [0.1, 0.15) is 51.4 Å². The fourth-order valence-electron chi connectivity index (χ4n) is 2.97. The van der Waals surface area contributed by atoms with E-state index in [-0.39, 0.29) is 0 Å². The van der Waals surface area contributed by atoms with Gasteiger partial charge in [0.15, 0.2) is 0 Å². The summed E-state index contributed by atoms with van der Waals surface area (Å²) in [6, 6.07) is 0.616. The number of nitrogens with zero attached hydrogens (tertiary/aromatic N) is 1. The highest BCUT2D eigenvalue weighted by Gasteiger charge is 2.41. The molecular weight excluding hydrogens is 184 g/mol. The second kappa shape index (κ2) is 3.80. The van der Waals surface area contributed by atoms with Gasteiger partial charge in [0, 0.05) is 5.92 Å². The molecule has 0 aliphatic heterocycles. The molecule has 3 rings (SSSR count). The molecule has 15 heavy (non-hydrogen) atoms. The van der Waals surface area contributed by atoms with E-state index < -0.39 is 0 Å². The van der Waals surface area contributed by atoms with Gasteiger partial charge in [-0.2, -0.15) is 0 Å². The standard InChI is InChI=1S/C13H22N2/c14-13(11-3-1-2-4-11)15-12(9-5-6-9)10-7-8-10/h9-12H,1-8H2,(H2,14,15). The average Bonchev–Trinajstić information content (AvgIpc) is 3.15. The summed E-state index contributed by atoms with van der Waals surface area (Å²) in [6.07, 6.45) is 10.9. The molecule has 0 heterocycles. The highest BCUT2D eigenvalue weighted by atomic mass is 14.9. The summed E-state index contributed by atoms with van der Waals surface area (Å²) in [4.78, 5) is 4.88. The molecule has 3 aliphatic rings. The molecule has 3 aliphatic carbocycles. The van der Waals surface area contributed by atoms with Gasteiger partial charge < -0.3 is 5.73 Å². The lowest BCUT2D eigenvalue weighted by Crippen LogP contribution is -2.25. The van der Waals surface area contributed by atoms with E-state index in [0.29, 0.717) is 12.0 Å². The van der Waals surface area contributed by atoms with Gasteiger partial charge in [0.25, 0.3) is 0 Å². The van der Waals surface area contributed by atoms with Crippen LogP contribution in [0.4, 0.5) is 0 Å². The Hall–Kier alpha value is -0.530. The first-order valence-corrected chi connectivity index (χ1v) is 6.68. The molecule has 2 N–H and O–H groups in total. The SMILES string of the molecule is NC(=NC(C1CC1)C1CC1)C1CCCC1. The number of hydrogen-bond acceptors (Lipinski definition) is 1. The molecule has 3 saturated carbocycles. The zero-order chi connectivity index (χ0) is 10.3. The number of rotatable bonds is 4. The summed E-state index contributed by atoms with van der Waals surface area (Å²) < 4.78 is 0. The van der Waals surface area contributed by atoms with Crippen LogP contribution in [0.2, 0.25) is 0 Å². The molecule has 0 atom stereocenters. The quantitative estimate of drug-likeness (QED) is 0.557. The second-order valence-corrected chi connectivity index (χ2v) is 5.70. The Balaban J connectivity index is 1.66. The van der Waals surface area contributed by atoms with Crippen LogP contribution in [-0.2, 0) is 0 Å². The molecular formula is C13H22N2. The molecule has 0 aromatic rings. The number of aliphatic imine (C=N–C) groups is 1. The molecule has 0 aromatic heterocycles. The van der Waals surface area contributed by atoms with Gasteiger partial charge in [-0.05, 0) is 50.4 Å². The van der Waals surface area contributed by atoms with Crippen molar-refractivity contribution in [2.45, 2.75) is 57.4 Å². The lowest BCUT2D eigenvalue weighted by atomic mass is 10.1. The third kappa shape index (κ3) is 2.19. The number of amidine groups is 1. The largest absolute Gasteiger partial charge is 0.387 e. The zero-order valence-electron chi connectivity index (χ0n) is 9.49. The van der Waals surface area contributed by atoms with E-state index >= 15 is 0 Å². The van der Waals surface area contributed by atoms with Gasteiger partial charge in [0.1, 0.15) is 0 Å². The Bertz CT molecular complexity index is 246. The van der Waals surface area contributed by atoms with Crippen molar-refractivity contribution in [3.8, 4) is 0 Å². The van der Waals surface area contributed by atoms with Gasteiger partial charge in [-0.3, -0.25) is 4.99 Å². The van der Waals surface area contributed by atoms with Crippen LogP contribution >= 0.6 is 0 Å². The summed E-state index contributed by atoms with van der Waals surface area (Å²) in [7, 11) is 0. The smallest absolute Gasteiger partial charge is 0.0972 e. The van der Waals surface area contributed by atoms with Crippen molar-refractivity contribution in [2.24, 2.45) is 28.5 Å². The third-order valence-electron chi connectivity index (χ3n) is 4.28. The van der Waals surface area contributed by atoms with Crippen LogP contribution < -0.4 is 5.73 Å². The molecule has 2 heteroatoms. The predicted molar refractivity (Wildman–Crippen MR) is 62.8 cm³/mol. The summed E-state index contributed by atoms with van der Waals surface area (Å²) in [5.74, 6) is 3.43. The maximum Gasteiger partial charge on any atom is 0.0972 e. The molecule has 0 spiro atoms. The summed E-state index contributed by atoms with van der Waals surface area (Å²) in [5, 5.41) is 0. The molecule has 0 aromatic carbocycles. The van der Waals surface area contributed by atoms with E-state index in [1.165, 1.54) is 51.4 Å². The van der Waals surface area contributed by atoms with E-state index in [1.807, 2.05) is 0 Å². The van der Waals surface area contributed by atoms with Crippen molar-refractivity contribution in [3.63, 3.8) is 0 Å². The predicted octanol–water partition coefficient (Wildman–Crippen LogP) is 2.72. The molecule has 84 valence electrons. The van der Waals surface area contributed by atoms with Crippen molar-refractivity contribution in [1.82, 2.24) is 0 Å². The molecule has 0 unspecified atom stereocenters. The van der Waals surface area contributed by atoms with Gasteiger partial charge in [0.2, 0.25) is 0 Å². The molecule has 0 bridgehead atoms. The van der Waals surface area contributed by atoms with E-state index in [1.54, 1.807) is 0 Å². The van der Waals surface area contributed by atoms with Gasteiger partial charge in [0.05, 0.1) is 11.9 Å². The zero-order valence-corrected chi connectivity index (χ0v) is 9.49. The fourth-order valence-corrected chi connectivity index (χ4v) is 2.97. The van der Waals surface area contributed by atoms with Gasteiger partial charge >= 0.3 is 0 Å². The first-order chi connectivity index (χ1) is 7.34. The van der Waals surface area contributed by atoms with E-state index in [9.17, 15) is 0 Å². The lowest BCUT2D eigenvalue weighted by molar-refractivity contribution is 0.526. The lowest BCUT2D eigenvalue weighted by Gasteiger charge is -2.14. The summed E-state index contributed by atoms with van der Waals surface area (Å²) in [5.41, 5.74) is 6.16. The first kappa shape index (κ1) is 9.68. The maximum atomic E-state index is 6.16. The monoisotopic (exact) mass is 206 g/mol.